The second kappa shape index (κ2) is 8.81. The summed E-state index contributed by atoms with van der Waals surface area (Å²) in [6.45, 7) is 3.11. The van der Waals surface area contributed by atoms with Crippen molar-refractivity contribution in [3.05, 3.63) is 58.7 Å². The van der Waals surface area contributed by atoms with Crippen molar-refractivity contribution in [2.45, 2.75) is 44.8 Å². The van der Waals surface area contributed by atoms with E-state index in [1.807, 2.05) is 25.1 Å². The summed E-state index contributed by atoms with van der Waals surface area (Å²) in [6.07, 6.45) is 5.39. The van der Waals surface area contributed by atoms with Crippen molar-refractivity contribution >= 4 is 23.1 Å². The van der Waals surface area contributed by atoms with Gasteiger partial charge in [-0.3, -0.25) is 14.4 Å². The number of fused-ring (bicyclic) bond motifs is 1. The average molecular weight is 467 g/mol. The van der Waals surface area contributed by atoms with E-state index >= 15 is 0 Å². The van der Waals surface area contributed by atoms with Crippen LogP contribution in [0.25, 0.3) is 5.57 Å². The van der Waals surface area contributed by atoms with Crippen molar-refractivity contribution in [2.24, 2.45) is 0 Å². The number of nitrogens with one attached hydrogen (secondary N) is 2. The summed E-state index contributed by atoms with van der Waals surface area (Å²) in [7, 11) is 1.47. The number of pyridine rings is 1. The second-order valence-electron chi connectivity index (χ2n) is 8.99. The van der Waals surface area contributed by atoms with Gasteiger partial charge in [0.1, 0.15) is 11.4 Å². The number of anilines is 1. The highest BCUT2D eigenvalue weighted by Gasteiger charge is 2.47. The summed E-state index contributed by atoms with van der Waals surface area (Å²) in [5.41, 5.74) is 2.93. The first-order valence-corrected chi connectivity index (χ1v) is 11.5. The maximum atomic E-state index is 14.5. The number of carbonyl (C=O) groups is 2. The van der Waals surface area contributed by atoms with Crippen LogP contribution >= 0.6 is 0 Å². The van der Waals surface area contributed by atoms with Gasteiger partial charge >= 0.3 is 0 Å². The molecule has 1 aromatic carbocycles. The van der Waals surface area contributed by atoms with Crippen LogP contribution in [0.3, 0.4) is 0 Å². The van der Waals surface area contributed by atoms with Crippen molar-refractivity contribution in [3.63, 3.8) is 0 Å². The lowest BCUT2D eigenvalue weighted by Crippen LogP contribution is -2.48. The molecule has 5 rings (SSSR count). The van der Waals surface area contributed by atoms with E-state index in [0.29, 0.717) is 29.9 Å². The standard InChI is InChI=1S/C25H27FN4O4/c1-15-11-16(12-20-21(15)34-25(24(32)29-20)8-3-4-9-25)13-30-10-7-17(14-33-30)18-5-6-19(23(31)27-2)28-22(18)26/h5-7,11-12H,3-4,8-10,13-14H2,1-2H3,(H,27,31)(H,29,32). The molecule has 0 bridgehead atoms. The van der Waals surface area contributed by atoms with E-state index in [1.165, 1.54) is 13.1 Å². The van der Waals surface area contributed by atoms with Crippen LogP contribution in [0.4, 0.5) is 10.1 Å². The summed E-state index contributed by atoms with van der Waals surface area (Å²) >= 11 is 0. The Balaban J connectivity index is 1.28. The topological polar surface area (TPSA) is 92.8 Å². The molecule has 0 atom stereocenters. The number of ether oxygens (including phenoxy) is 1. The molecule has 34 heavy (non-hydrogen) atoms. The largest absolute Gasteiger partial charge is 0.475 e. The van der Waals surface area contributed by atoms with Gasteiger partial charge in [0, 0.05) is 25.7 Å². The van der Waals surface area contributed by atoms with Gasteiger partial charge in [0.05, 0.1) is 12.3 Å². The van der Waals surface area contributed by atoms with Crippen molar-refractivity contribution in [1.29, 1.82) is 0 Å². The van der Waals surface area contributed by atoms with Crippen LogP contribution in [0.2, 0.25) is 0 Å². The maximum Gasteiger partial charge on any atom is 0.269 e. The Morgan fingerprint density at radius 1 is 1.29 bits per heavy atom. The number of rotatable bonds is 4. The van der Waals surface area contributed by atoms with Gasteiger partial charge in [-0.2, -0.15) is 9.45 Å². The van der Waals surface area contributed by atoms with Crippen molar-refractivity contribution in [3.8, 4) is 5.75 Å². The molecule has 2 N–H and O–H groups in total. The van der Waals surface area contributed by atoms with Crippen LogP contribution in [0.1, 0.15) is 52.9 Å². The molecule has 3 heterocycles. The monoisotopic (exact) mass is 466 g/mol. The third-order valence-corrected chi connectivity index (χ3v) is 6.66. The minimum atomic E-state index is -0.723. The van der Waals surface area contributed by atoms with E-state index in [1.54, 1.807) is 11.1 Å². The van der Waals surface area contributed by atoms with Crippen LogP contribution in [0, 0.1) is 12.9 Å². The maximum absolute atomic E-state index is 14.5. The number of carbonyl (C=O) groups excluding carboxylic acids is 2. The van der Waals surface area contributed by atoms with Crippen LogP contribution in [0.5, 0.6) is 5.75 Å². The Hall–Kier alpha value is -3.30. The molecule has 178 valence electrons. The zero-order valence-corrected chi connectivity index (χ0v) is 19.2. The molecular weight excluding hydrogens is 439 g/mol. The molecule has 1 fully saturated rings. The van der Waals surface area contributed by atoms with E-state index in [2.05, 4.69) is 15.6 Å². The van der Waals surface area contributed by atoms with E-state index in [9.17, 15) is 14.0 Å². The lowest BCUT2D eigenvalue weighted by molar-refractivity contribution is -0.150. The number of benzene rings is 1. The average Bonchev–Trinajstić information content (AvgIpc) is 3.30. The third-order valence-electron chi connectivity index (χ3n) is 6.66. The predicted octanol–water partition coefficient (Wildman–Crippen LogP) is 3.36. The van der Waals surface area contributed by atoms with Crippen molar-refractivity contribution < 1.29 is 23.6 Å². The summed E-state index contributed by atoms with van der Waals surface area (Å²) in [6, 6.07) is 7.01. The molecule has 1 aromatic heterocycles. The SMILES string of the molecule is CNC(=O)c1ccc(C2=CCN(Cc3cc(C)c4c(c3)NC(=O)C3(CCCC3)O4)OC2)c(F)n1. The Morgan fingerprint density at radius 3 is 2.76 bits per heavy atom. The fraction of sp³-hybridized carbons (Fsp3) is 0.400. The van der Waals surface area contributed by atoms with E-state index in [0.717, 1.165) is 42.6 Å². The van der Waals surface area contributed by atoms with Gasteiger partial charge in [0.15, 0.2) is 5.60 Å². The zero-order chi connectivity index (χ0) is 23.9. The van der Waals surface area contributed by atoms with Gasteiger partial charge in [0.25, 0.3) is 11.8 Å². The molecule has 1 aliphatic carbocycles. The van der Waals surface area contributed by atoms with E-state index in [-0.39, 0.29) is 18.2 Å². The van der Waals surface area contributed by atoms with Gasteiger partial charge in [-0.25, -0.2) is 4.98 Å². The first kappa shape index (κ1) is 22.5. The normalized spacial score (nSPS) is 19.3. The molecule has 1 spiro atoms. The molecule has 0 saturated heterocycles. The van der Waals surface area contributed by atoms with Gasteiger partial charge in [-0.15, -0.1) is 0 Å². The lowest BCUT2D eigenvalue weighted by Gasteiger charge is -2.35. The third kappa shape index (κ3) is 4.05. The number of hydroxylamine groups is 2. The number of amides is 2. The number of hydrogen-bond donors (Lipinski definition) is 2. The van der Waals surface area contributed by atoms with Gasteiger partial charge in [0.2, 0.25) is 5.95 Å². The molecule has 0 unspecified atom stereocenters. The summed E-state index contributed by atoms with van der Waals surface area (Å²) in [5.74, 6) is -0.458. The molecule has 0 radical (unpaired) electrons. The number of aromatic nitrogens is 1. The molecule has 8 nitrogen and oxygen atoms in total. The highest BCUT2D eigenvalue weighted by molar-refractivity contribution is 6.01. The number of hydrogen-bond acceptors (Lipinski definition) is 6. The molecule has 2 aliphatic heterocycles. The molecule has 2 aromatic rings. The highest BCUT2D eigenvalue weighted by Crippen LogP contribution is 2.44. The molecular formula is C25H27FN4O4. The van der Waals surface area contributed by atoms with E-state index < -0.39 is 17.5 Å². The fourth-order valence-electron chi connectivity index (χ4n) is 4.84. The summed E-state index contributed by atoms with van der Waals surface area (Å²) in [4.78, 5) is 34.0. The van der Waals surface area contributed by atoms with Crippen LogP contribution in [0.15, 0.2) is 30.3 Å². The van der Waals surface area contributed by atoms with Gasteiger partial charge in [-0.1, -0.05) is 12.1 Å². The molecule has 3 aliphatic rings. The van der Waals surface area contributed by atoms with Gasteiger partial charge < -0.3 is 15.4 Å². The predicted molar refractivity (Wildman–Crippen MR) is 124 cm³/mol. The number of aryl methyl sites for hydroxylation is 1. The number of nitrogens with zero attached hydrogens (tertiary/aromatic N) is 2. The Labute approximate surface area is 197 Å². The van der Waals surface area contributed by atoms with Crippen molar-refractivity contribution in [1.82, 2.24) is 15.4 Å². The lowest BCUT2D eigenvalue weighted by atomic mass is 9.97. The fourth-order valence-corrected chi connectivity index (χ4v) is 4.84. The highest BCUT2D eigenvalue weighted by atomic mass is 19.1. The second-order valence-corrected chi connectivity index (χ2v) is 8.99. The smallest absolute Gasteiger partial charge is 0.269 e. The van der Waals surface area contributed by atoms with Crippen LogP contribution in [-0.4, -0.2) is 47.7 Å². The summed E-state index contributed by atoms with van der Waals surface area (Å²) in [5, 5.41) is 7.26. The van der Waals surface area contributed by atoms with Crippen LogP contribution in [-0.2, 0) is 16.2 Å². The van der Waals surface area contributed by atoms with E-state index in [4.69, 9.17) is 9.57 Å². The molecule has 2 amide bonds. The molecule has 9 heteroatoms. The zero-order valence-electron chi connectivity index (χ0n) is 19.2. The summed E-state index contributed by atoms with van der Waals surface area (Å²) < 4.78 is 20.7. The minimum Gasteiger partial charge on any atom is -0.475 e. The Morgan fingerprint density at radius 2 is 2.09 bits per heavy atom. The first-order chi connectivity index (χ1) is 16.4. The quantitative estimate of drug-likeness (QED) is 0.672. The molecule has 1 saturated carbocycles. The first-order valence-electron chi connectivity index (χ1n) is 11.5. The Kier molecular flexibility index (Phi) is 5.83. The number of halogens is 1. The van der Waals surface area contributed by atoms with Crippen molar-refractivity contribution in [2.75, 3.05) is 25.5 Å². The minimum absolute atomic E-state index is 0.0282. The van der Waals surface area contributed by atoms with Gasteiger partial charge in [-0.05, 0) is 67.5 Å². The Bertz CT molecular complexity index is 1190. The van der Waals surface area contributed by atoms with Crippen LogP contribution < -0.4 is 15.4 Å².